The zero-order chi connectivity index (χ0) is 17.1. The summed E-state index contributed by atoms with van der Waals surface area (Å²) in [7, 11) is 0. The predicted octanol–water partition coefficient (Wildman–Crippen LogP) is 2.45. The first-order chi connectivity index (χ1) is 12.3. The van der Waals surface area contributed by atoms with Crippen LogP contribution in [0.5, 0.6) is 6.01 Å². The molecule has 0 bridgehead atoms. The fourth-order valence-corrected chi connectivity index (χ4v) is 3.17. The first-order valence-electron chi connectivity index (χ1n) is 8.68. The van der Waals surface area contributed by atoms with Crippen LogP contribution in [0.1, 0.15) is 34.7 Å². The van der Waals surface area contributed by atoms with Gasteiger partial charge in [-0.05, 0) is 29.8 Å². The van der Waals surface area contributed by atoms with Gasteiger partial charge in [0, 0.05) is 55.5 Å². The Morgan fingerprint density at radius 2 is 1.76 bits per heavy atom. The number of hydrogen-bond donors (Lipinski definition) is 0. The Hall–Kier alpha value is -2.47. The van der Waals surface area contributed by atoms with Gasteiger partial charge in [-0.15, -0.1) is 0 Å². The molecule has 2 aromatic rings. The summed E-state index contributed by atoms with van der Waals surface area (Å²) in [4.78, 5) is 21.7. The Bertz CT molecular complexity index is 706. The highest BCUT2D eigenvalue weighted by atomic mass is 16.5. The van der Waals surface area contributed by atoms with Gasteiger partial charge in [0.1, 0.15) is 12.4 Å². The molecule has 2 saturated heterocycles. The molecular formula is C19H21N3O3. The summed E-state index contributed by atoms with van der Waals surface area (Å²) in [6.45, 7) is 3.36. The molecule has 6 heteroatoms. The Morgan fingerprint density at radius 1 is 1.08 bits per heavy atom. The number of carbonyl (C=O) groups is 1. The van der Waals surface area contributed by atoms with Crippen LogP contribution in [-0.4, -0.2) is 48.7 Å². The van der Waals surface area contributed by atoms with Crippen LogP contribution in [0, 0.1) is 0 Å². The van der Waals surface area contributed by atoms with Crippen LogP contribution in [0.25, 0.3) is 0 Å². The maximum atomic E-state index is 10.7. The van der Waals surface area contributed by atoms with Crippen molar-refractivity contribution < 1.29 is 14.3 Å². The second-order valence-electron chi connectivity index (χ2n) is 6.55. The van der Waals surface area contributed by atoms with Crippen molar-refractivity contribution in [1.29, 1.82) is 0 Å². The highest BCUT2D eigenvalue weighted by Crippen LogP contribution is 2.25. The number of nitrogens with zero attached hydrogens (tertiary/aromatic N) is 3. The number of carbonyl (C=O) groups excluding carboxylic acids is 1. The van der Waals surface area contributed by atoms with E-state index in [4.69, 9.17) is 9.47 Å². The van der Waals surface area contributed by atoms with E-state index in [2.05, 4.69) is 14.9 Å². The van der Waals surface area contributed by atoms with Crippen molar-refractivity contribution in [2.45, 2.75) is 24.9 Å². The van der Waals surface area contributed by atoms with Gasteiger partial charge in [0.25, 0.3) is 0 Å². The Kier molecular flexibility index (Phi) is 4.61. The normalized spacial score (nSPS) is 18.6. The third kappa shape index (κ3) is 3.64. The monoisotopic (exact) mass is 339 g/mol. The average Bonchev–Trinajstić information content (AvgIpc) is 2.63. The van der Waals surface area contributed by atoms with E-state index in [0.29, 0.717) is 17.5 Å². The number of ether oxygens (including phenoxy) is 2. The summed E-state index contributed by atoms with van der Waals surface area (Å²) in [6, 6.07) is 8.16. The molecule has 0 saturated carbocycles. The van der Waals surface area contributed by atoms with Crippen molar-refractivity contribution in [3.63, 3.8) is 0 Å². The van der Waals surface area contributed by atoms with Crippen LogP contribution in [0.2, 0.25) is 0 Å². The predicted molar refractivity (Wildman–Crippen MR) is 93.3 cm³/mol. The first-order valence-corrected chi connectivity index (χ1v) is 8.68. The maximum Gasteiger partial charge on any atom is 0.316 e. The van der Waals surface area contributed by atoms with Crippen molar-refractivity contribution in [2.75, 3.05) is 31.2 Å². The second kappa shape index (κ2) is 7.19. The number of hydrogen-bond acceptors (Lipinski definition) is 6. The Labute approximate surface area is 146 Å². The van der Waals surface area contributed by atoms with E-state index in [0.717, 1.165) is 56.7 Å². The van der Waals surface area contributed by atoms with Crippen molar-refractivity contribution in [3.05, 3.63) is 47.8 Å². The molecule has 2 aliphatic heterocycles. The lowest BCUT2D eigenvalue weighted by atomic mass is 10.0. The van der Waals surface area contributed by atoms with Gasteiger partial charge < -0.3 is 14.4 Å². The third-order valence-electron chi connectivity index (χ3n) is 4.87. The molecule has 0 N–H and O–H groups in total. The SMILES string of the molecule is O=Cc1ccc(N2CCC(Oc3ncc(C4COC4)cn3)CC2)cc1. The summed E-state index contributed by atoms with van der Waals surface area (Å²) >= 11 is 0. The first kappa shape index (κ1) is 16.0. The molecule has 0 aliphatic carbocycles. The van der Waals surface area contributed by atoms with E-state index >= 15 is 0 Å². The molecule has 0 spiro atoms. The number of benzene rings is 1. The minimum Gasteiger partial charge on any atom is -0.460 e. The second-order valence-corrected chi connectivity index (χ2v) is 6.55. The molecule has 0 atom stereocenters. The van der Waals surface area contributed by atoms with Crippen molar-refractivity contribution >= 4 is 12.0 Å². The summed E-state index contributed by atoms with van der Waals surface area (Å²) in [5, 5.41) is 0. The van der Waals surface area contributed by atoms with Gasteiger partial charge in [-0.1, -0.05) is 0 Å². The van der Waals surface area contributed by atoms with Crippen LogP contribution < -0.4 is 9.64 Å². The zero-order valence-electron chi connectivity index (χ0n) is 14.0. The van der Waals surface area contributed by atoms with Crippen LogP contribution in [0.15, 0.2) is 36.7 Å². The fourth-order valence-electron chi connectivity index (χ4n) is 3.17. The van der Waals surface area contributed by atoms with Crippen LogP contribution in [-0.2, 0) is 4.74 Å². The smallest absolute Gasteiger partial charge is 0.316 e. The van der Waals surface area contributed by atoms with E-state index < -0.39 is 0 Å². The standard InChI is InChI=1S/C19H21N3O3/c23-11-14-1-3-17(4-2-14)22-7-5-18(6-8-22)25-19-20-9-15(10-21-19)16-12-24-13-16/h1-4,9-11,16,18H,5-8,12-13H2. The van der Waals surface area contributed by atoms with E-state index in [1.807, 2.05) is 36.7 Å². The van der Waals surface area contributed by atoms with Gasteiger partial charge in [-0.3, -0.25) is 4.79 Å². The molecule has 25 heavy (non-hydrogen) atoms. The minimum absolute atomic E-state index is 0.142. The van der Waals surface area contributed by atoms with E-state index in [9.17, 15) is 4.79 Å². The summed E-state index contributed by atoms with van der Waals surface area (Å²) < 4.78 is 11.1. The molecule has 0 radical (unpaired) electrons. The largest absolute Gasteiger partial charge is 0.460 e. The van der Waals surface area contributed by atoms with Gasteiger partial charge in [-0.2, -0.15) is 0 Å². The van der Waals surface area contributed by atoms with Gasteiger partial charge in [0.2, 0.25) is 0 Å². The molecule has 1 aromatic heterocycles. The van der Waals surface area contributed by atoms with Crippen LogP contribution in [0.3, 0.4) is 0 Å². The summed E-state index contributed by atoms with van der Waals surface area (Å²) in [6.07, 6.45) is 6.56. The summed E-state index contributed by atoms with van der Waals surface area (Å²) in [5.41, 5.74) is 2.97. The maximum absolute atomic E-state index is 10.7. The number of aldehydes is 1. The molecule has 6 nitrogen and oxygen atoms in total. The van der Waals surface area contributed by atoms with E-state index in [-0.39, 0.29) is 6.10 Å². The molecule has 3 heterocycles. The topological polar surface area (TPSA) is 64.6 Å². The summed E-state index contributed by atoms with van der Waals surface area (Å²) in [5.74, 6) is 0.433. The number of piperidine rings is 1. The molecule has 0 amide bonds. The van der Waals surface area contributed by atoms with Gasteiger partial charge in [-0.25, -0.2) is 9.97 Å². The van der Waals surface area contributed by atoms with Gasteiger partial charge in [0.15, 0.2) is 0 Å². The number of rotatable bonds is 5. The molecule has 2 fully saturated rings. The van der Waals surface area contributed by atoms with E-state index in [1.165, 1.54) is 0 Å². The van der Waals surface area contributed by atoms with Gasteiger partial charge in [0.05, 0.1) is 13.2 Å². The lowest BCUT2D eigenvalue weighted by molar-refractivity contribution is 0.00803. The fraction of sp³-hybridized carbons (Fsp3) is 0.421. The van der Waals surface area contributed by atoms with Gasteiger partial charge >= 0.3 is 6.01 Å². The molecule has 4 rings (SSSR count). The number of aromatic nitrogens is 2. The Morgan fingerprint density at radius 3 is 2.32 bits per heavy atom. The molecule has 130 valence electrons. The van der Waals surface area contributed by atoms with Crippen molar-refractivity contribution in [2.24, 2.45) is 0 Å². The van der Waals surface area contributed by atoms with Crippen LogP contribution >= 0.6 is 0 Å². The number of anilines is 1. The zero-order valence-corrected chi connectivity index (χ0v) is 14.0. The van der Waals surface area contributed by atoms with E-state index in [1.54, 1.807) is 0 Å². The minimum atomic E-state index is 0.142. The Balaban J connectivity index is 1.30. The molecule has 2 aliphatic rings. The van der Waals surface area contributed by atoms with Crippen molar-refractivity contribution in [3.8, 4) is 6.01 Å². The molecule has 1 aromatic carbocycles. The highest BCUT2D eigenvalue weighted by molar-refractivity contribution is 5.75. The lowest BCUT2D eigenvalue weighted by Crippen LogP contribution is -2.38. The quantitative estimate of drug-likeness (QED) is 0.780. The lowest BCUT2D eigenvalue weighted by Gasteiger charge is -2.33. The third-order valence-corrected chi connectivity index (χ3v) is 4.87. The highest BCUT2D eigenvalue weighted by Gasteiger charge is 2.23. The average molecular weight is 339 g/mol. The molecular weight excluding hydrogens is 318 g/mol. The van der Waals surface area contributed by atoms with Crippen LogP contribution in [0.4, 0.5) is 5.69 Å². The molecule has 0 unspecified atom stereocenters. The van der Waals surface area contributed by atoms with Crippen molar-refractivity contribution in [1.82, 2.24) is 9.97 Å².